The lowest BCUT2D eigenvalue weighted by Crippen LogP contribution is -2.45. The number of piperidine rings is 1. The molecule has 3 aromatic carbocycles. The summed E-state index contributed by atoms with van der Waals surface area (Å²) < 4.78 is 0. The molecule has 244 valence electrons. The molecule has 1 saturated heterocycles. The first kappa shape index (κ1) is 34.4. The Balaban J connectivity index is 1.32. The number of aromatic hydroxyl groups is 1. The van der Waals surface area contributed by atoms with Gasteiger partial charge in [-0.3, -0.25) is 4.90 Å². The Morgan fingerprint density at radius 2 is 1.42 bits per heavy atom. The van der Waals surface area contributed by atoms with Gasteiger partial charge in [0.05, 0.1) is 0 Å². The number of para-hydroxylation sites is 1. The summed E-state index contributed by atoms with van der Waals surface area (Å²) in [4.78, 5) is 17.9. The number of amides is 2. The van der Waals surface area contributed by atoms with Crippen molar-refractivity contribution >= 4 is 17.4 Å². The van der Waals surface area contributed by atoms with Gasteiger partial charge in [-0.2, -0.15) is 0 Å². The number of rotatable bonds is 10. The highest BCUT2D eigenvalue weighted by atomic mass is 16.3. The number of aryl methyl sites for hydroxylation is 2. The second-order valence-corrected chi connectivity index (χ2v) is 14.7. The maximum absolute atomic E-state index is 13.1. The van der Waals surface area contributed by atoms with Crippen molar-refractivity contribution in [1.29, 1.82) is 0 Å². The molecule has 0 aliphatic carbocycles. The van der Waals surface area contributed by atoms with E-state index in [2.05, 4.69) is 118 Å². The van der Waals surface area contributed by atoms with Crippen molar-refractivity contribution in [3.8, 4) is 5.75 Å². The molecule has 6 heteroatoms. The molecule has 1 fully saturated rings. The molecule has 2 amide bonds. The van der Waals surface area contributed by atoms with Crippen LogP contribution in [0.25, 0.3) is 0 Å². The van der Waals surface area contributed by atoms with Crippen LogP contribution in [0.5, 0.6) is 5.75 Å². The van der Waals surface area contributed by atoms with Gasteiger partial charge in [0.15, 0.2) is 0 Å². The molecule has 1 aliphatic rings. The van der Waals surface area contributed by atoms with Gasteiger partial charge in [0.1, 0.15) is 5.75 Å². The Hall–Kier alpha value is -3.51. The highest BCUT2D eigenvalue weighted by Crippen LogP contribution is 2.40. The van der Waals surface area contributed by atoms with Gasteiger partial charge in [-0.1, -0.05) is 84.0 Å². The zero-order chi connectivity index (χ0) is 32.8. The zero-order valence-electron chi connectivity index (χ0n) is 29.0. The topological polar surface area (TPSA) is 67.8 Å². The molecule has 0 bridgehead atoms. The van der Waals surface area contributed by atoms with Crippen molar-refractivity contribution < 1.29 is 9.90 Å². The number of carbonyl (C=O) groups is 1. The van der Waals surface area contributed by atoms with Crippen molar-refractivity contribution in [1.82, 2.24) is 10.2 Å². The SMILES string of the molecule is CCN(CC)c1ccc(CN2CCC(NC(=O)Nc3ccccc3CCc3cc(C(C)(C)C)c(O)c(C(C)(C)C)c3)CC2)cc1. The second kappa shape index (κ2) is 14.7. The molecule has 3 N–H and O–H groups in total. The third-order valence-electron chi connectivity index (χ3n) is 9.13. The molecule has 0 radical (unpaired) electrons. The van der Waals surface area contributed by atoms with Gasteiger partial charge in [-0.15, -0.1) is 0 Å². The Kier molecular flexibility index (Phi) is 11.2. The summed E-state index contributed by atoms with van der Waals surface area (Å²) in [5, 5.41) is 17.5. The summed E-state index contributed by atoms with van der Waals surface area (Å²) >= 11 is 0. The van der Waals surface area contributed by atoms with Crippen LogP contribution in [0.15, 0.2) is 60.7 Å². The fourth-order valence-electron chi connectivity index (χ4n) is 6.36. The number of anilines is 2. The monoisotopic (exact) mass is 612 g/mol. The Bertz CT molecular complexity index is 1370. The van der Waals surface area contributed by atoms with Crippen LogP contribution in [0.4, 0.5) is 16.2 Å². The molecule has 0 saturated carbocycles. The number of urea groups is 1. The minimum atomic E-state index is -0.162. The highest BCUT2D eigenvalue weighted by molar-refractivity contribution is 5.90. The second-order valence-electron chi connectivity index (χ2n) is 14.7. The number of phenolic OH excluding ortho intramolecular Hbond substituents is 1. The standard InChI is InChI=1S/C39H56N4O2/c1-9-43(10-2)32-19-16-28(17-20-32)27-42-23-21-31(22-24-42)40-37(45)41-35-14-12-11-13-30(35)18-15-29-25-33(38(3,4)5)36(44)34(26-29)39(6,7)8/h11-14,16-17,19-20,25-26,31,44H,9-10,15,18,21-24,27H2,1-8H3,(H2,40,41,45). The molecule has 45 heavy (non-hydrogen) atoms. The quantitative estimate of drug-likeness (QED) is 0.215. The lowest BCUT2D eigenvalue weighted by molar-refractivity contribution is 0.190. The van der Waals surface area contributed by atoms with Crippen molar-refractivity contribution in [2.24, 2.45) is 0 Å². The van der Waals surface area contributed by atoms with Crippen LogP contribution in [0, 0.1) is 0 Å². The Morgan fingerprint density at radius 1 is 0.844 bits per heavy atom. The van der Waals surface area contributed by atoms with Gasteiger partial charge >= 0.3 is 6.03 Å². The van der Waals surface area contributed by atoms with Crippen molar-refractivity contribution in [2.75, 3.05) is 36.4 Å². The minimum absolute atomic E-state index is 0.137. The molecule has 0 unspecified atom stereocenters. The van der Waals surface area contributed by atoms with Gasteiger partial charge in [0.25, 0.3) is 0 Å². The summed E-state index contributed by atoms with van der Waals surface area (Å²) in [6.45, 7) is 22.2. The number of carbonyl (C=O) groups excluding carboxylic acids is 1. The van der Waals surface area contributed by atoms with Crippen LogP contribution in [-0.2, 0) is 30.2 Å². The van der Waals surface area contributed by atoms with E-state index in [1.165, 1.54) is 16.8 Å². The van der Waals surface area contributed by atoms with Crippen molar-refractivity contribution in [3.63, 3.8) is 0 Å². The third kappa shape index (κ3) is 9.26. The van der Waals surface area contributed by atoms with E-state index in [1.54, 1.807) is 0 Å². The van der Waals surface area contributed by atoms with Crippen molar-refractivity contribution in [3.05, 3.63) is 88.5 Å². The van der Waals surface area contributed by atoms with E-state index in [0.717, 1.165) is 80.8 Å². The predicted molar refractivity (Wildman–Crippen MR) is 190 cm³/mol. The smallest absolute Gasteiger partial charge is 0.319 e. The van der Waals surface area contributed by atoms with E-state index < -0.39 is 0 Å². The molecule has 0 spiro atoms. The fraction of sp³-hybridized carbons (Fsp3) is 0.513. The van der Waals surface area contributed by atoms with Crippen molar-refractivity contribution in [2.45, 2.75) is 104 Å². The first-order valence-electron chi connectivity index (χ1n) is 16.9. The first-order valence-corrected chi connectivity index (χ1v) is 16.9. The normalized spacial score (nSPS) is 14.8. The van der Waals surface area contributed by atoms with Crippen LogP contribution in [0.3, 0.4) is 0 Å². The van der Waals surface area contributed by atoms with Gasteiger partial charge in [-0.25, -0.2) is 4.79 Å². The molecular weight excluding hydrogens is 556 g/mol. The van der Waals surface area contributed by atoms with E-state index in [0.29, 0.717) is 5.75 Å². The van der Waals surface area contributed by atoms with Gasteiger partial charge in [0, 0.05) is 50.1 Å². The first-order chi connectivity index (χ1) is 21.3. The number of nitrogens with zero attached hydrogens (tertiary/aromatic N) is 2. The summed E-state index contributed by atoms with van der Waals surface area (Å²) in [6, 6.07) is 21.4. The lowest BCUT2D eigenvalue weighted by atomic mass is 9.78. The van der Waals surface area contributed by atoms with Gasteiger partial charge in [0.2, 0.25) is 0 Å². The number of nitrogens with one attached hydrogen (secondary N) is 2. The summed E-state index contributed by atoms with van der Waals surface area (Å²) in [7, 11) is 0. The molecule has 6 nitrogen and oxygen atoms in total. The van der Waals surface area contributed by atoms with E-state index in [-0.39, 0.29) is 22.9 Å². The van der Waals surface area contributed by atoms with Crippen LogP contribution in [-0.4, -0.2) is 48.3 Å². The molecule has 1 heterocycles. The zero-order valence-corrected chi connectivity index (χ0v) is 29.0. The Morgan fingerprint density at radius 3 is 1.98 bits per heavy atom. The number of hydrogen-bond acceptors (Lipinski definition) is 4. The van der Waals surface area contributed by atoms with Crippen LogP contribution in [0.2, 0.25) is 0 Å². The fourth-order valence-corrected chi connectivity index (χ4v) is 6.36. The van der Waals surface area contributed by atoms with E-state index in [1.807, 2.05) is 18.2 Å². The molecule has 0 aromatic heterocycles. The highest BCUT2D eigenvalue weighted by Gasteiger charge is 2.27. The van der Waals surface area contributed by atoms with Crippen LogP contribution < -0.4 is 15.5 Å². The third-order valence-corrected chi connectivity index (χ3v) is 9.13. The summed E-state index contributed by atoms with van der Waals surface area (Å²) in [5.41, 5.74) is 7.42. The van der Waals surface area contributed by atoms with E-state index in [4.69, 9.17) is 0 Å². The summed E-state index contributed by atoms with van der Waals surface area (Å²) in [6.07, 6.45) is 3.51. The number of likely N-dealkylation sites (tertiary alicyclic amines) is 1. The molecule has 4 rings (SSSR count). The van der Waals surface area contributed by atoms with E-state index in [9.17, 15) is 9.90 Å². The maximum Gasteiger partial charge on any atom is 0.319 e. The molecule has 1 aliphatic heterocycles. The largest absolute Gasteiger partial charge is 0.507 e. The minimum Gasteiger partial charge on any atom is -0.507 e. The number of hydrogen-bond donors (Lipinski definition) is 3. The molecule has 0 atom stereocenters. The predicted octanol–water partition coefficient (Wildman–Crippen LogP) is 8.40. The number of benzene rings is 3. The maximum atomic E-state index is 13.1. The number of phenols is 1. The average molecular weight is 613 g/mol. The van der Waals surface area contributed by atoms with E-state index >= 15 is 0 Å². The van der Waals surface area contributed by atoms with Gasteiger partial charge in [-0.05, 0) is 96.4 Å². The van der Waals surface area contributed by atoms with Crippen LogP contribution in [0.1, 0.15) is 96.0 Å². The molecular formula is C39H56N4O2. The summed E-state index contributed by atoms with van der Waals surface area (Å²) in [5.74, 6) is 0.410. The lowest BCUT2D eigenvalue weighted by Gasteiger charge is -2.32. The van der Waals surface area contributed by atoms with Crippen LogP contribution >= 0.6 is 0 Å². The van der Waals surface area contributed by atoms with Gasteiger partial charge < -0.3 is 20.6 Å². The Labute approximate surface area is 272 Å². The molecule has 3 aromatic rings. The average Bonchev–Trinajstić information content (AvgIpc) is 2.98.